The molecule has 0 spiro atoms. The molecule has 3 rings (SSSR count). The number of nitrogens with zero attached hydrogens (tertiary/aromatic N) is 2. The van der Waals surface area contributed by atoms with Crippen LogP contribution in [0.25, 0.3) is 0 Å². The first kappa shape index (κ1) is 14.8. The minimum Gasteiger partial charge on any atom is -0.468 e. The molecule has 1 aliphatic heterocycles. The number of furan rings is 1. The van der Waals surface area contributed by atoms with E-state index in [1.807, 2.05) is 6.07 Å². The summed E-state index contributed by atoms with van der Waals surface area (Å²) in [5, 5.41) is 22.8. The molecule has 1 atom stereocenters. The van der Waals surface area contributed by atoms with E-state index in [1.165, 1.54) is 0 Å². The number of amides is 1. The fourth-order valence-electron chi connectivity index (χ4n) is 2.28. The van der Waals surface area contributed by atoms with Crippen molar-refractivity contribution in [2.45, 2.75) is 6.42 Å². The van der Waals surface area contributed by atoms with Gasteiger partial charge in [-0.15, -0.1) is 0 Å². The predicted octanol–water partition coefficient (Wildman–Crippen LogP) is 0.862. The molecule has 1 amide bonds. The number of H-pyrrole nitrogens is 1. The summed E-state index contributed by atoms with van der Waals surface area (Å²) in [6.07, 6.45) is 3.56. The van der Waals surface area contributed by atoms with Gasteiger partial charge < -0.3 is 14.8 Å². The number of aliphatic hydroxyl groups is 1. The number of anilines is 1. The Morgan fingerprint density at radius 3 is 3.09 bits per heavy atom. The van der Waals surface area contributed by atoms with Crippen LogP contribution in [0.5, 0.6) is 0 Å². The zero-order valence-electron chi connectivity index (χ0n) is 11.5. The van der Waals surface area contributed by atoms with Gasteiger partial charge in [0.1, 0.15) is 23.4 Å². The minimum absolute atomic E-state index is 0.00186. The molecule has 1 aliphatic rings. The van der Waals surface area contributed by atoms with Crippen molar-refractivity contribution in [2.24, 2.45) is 11.0 Å². The first-order valence-electron chi connectivity index (χ1n) is 6.68. The van der Waals surface area contributed by atoms with E-state index in [0.717, 1.165) is 4.47 Å². The number of hydrazone groups is 1. The fourth-order valence-corrected chi connectivity index (χ4v) is 2.63. The lowest BCUT2D eigenvalue weighted by molar-refractivity contribution is -0.122. The summed E-state index contributed by atoms with van der Waals surface area (Å²) >= 11 is 3.32. The lowest BCUT2D eigenvalue weighted by atomic mass is 9.95. The van der Waals surface area contributed by atoms with Crippen LogP contribution in [0.4, 0.5) is 5.69 Å². The number of carbonyl (C=O) groups is 1. The number of rotatable bonds is 6. The topological polar surface area (TPSA) is 116 Å². The van der Waals surface area contributed by atoms with Crippen molar-refractivity contribution in [3.8, 4) is 0 Å². The highest BCUT2D eigenvalue weighted by Crippen LogP contribution is 2.25. The number of hydrogen-bond donors (Lipinski definition) is 4. The number of halogens is 1. The van der Waals surface area contributed by atoms with Crippen molar-refractivity contribution in [1.82, 2.24) is 15.6 Å². The normalized spacial score (nSPS) is 17.5. The van der Waals surface area contributed by atoms with E-state index in [0.29, 0.717) is 35.8 Å². The maximum Gasteiger partial charge on any atom is 0.249 e. The third-order valence-corrected chi connectivity index (χ3v) is 3.70. The average Bonchev–Trinajstić information content (AvgIpc) is 3.20. The van der Waals surface area contributed by atoms with Crippen molar-refractivity contribution in [1.29, 1.82) is 0 Å². The van der Waals surface area contributed by atoms with Crippen LogP contribution in [0.2, 0.25) is 0 Å². The van der Waals surface area contributed by atoms with Crippen molar-refractivity contribution < 1.29 is 14.3 Å². The van der Waals surface area contributed by atoms with E-state index in [2.05, 4.69) is 42.0 Å². The highest BCUT2D eigenvalue weighted by molar-refractivity contribution is 9.10. The van der Waals surface area contributed by atoms with Crippen molar-refractivity contribution in [2.75, 3.05) is 18.5 Å². The first-order chi connectivity index (χ1) is 10.7. The molecule has 0 fully saturated rings. The number of aromatic amines is 1. The van der Waals surface area contributed by atoms with Gasteiger partial charge in [0.25, 0.3) is 0 Å². The Labute approximate surface area is 134 Å². The quantitative estimate of drug-likeness (QED) is 0.604. The monoisotopic (exact) mass is 367 g/mol. The SMILES string of the molecule is O=C1NN=C(c2[nH]ncc2NCCO)C1Cc1cc(Br)co1. The van der Waals surface area contributed by atoms with Gasteiger partial charge in [0.05, 0.1) is 28.9 Å². The molecule has 4 N–H and O–H groups in total. The Morgan fingerprint density at radius 1 is 1.50 bits per heavy atom. The van der Waals surface area contributed by atoms with Crippen molar-refractivity contribution >= 4 is 33.2 Å². The fraction of sp³-hybridized carbons (Fsp3) is 0.308. The van der Waals surface area contributed by atoms with Gasteiger partial charge in [0, 0.05) is 13.0 Å². The number of aliphatic hydroxyl groups excluding tert-OH is 1. The van der Waals surface area contributed by atoms with Gasteiger partial charge in [-0.3, -0.25) is 9.89 Å². The number of carbonyl (C=O) groups excluding carboxylic acids is 1. The molecule has 3 heterocycles. The van der Waals surface area contributed by atoms with E-state index in [9.17, 15) is 4.79 Å². The van der Waals surface area contributed by atoms with Gasteiger partial charge in [-0.2, -0.15) is 10.2 Å². The molecule has 0 bridgehead atoms. The third-order valence-electron chi connectivity index (χ3n) is 3.28. The summed E-state index contributed by atoms with van der Waals surface area (Å²) in [5.41, 5.74) is 4.37. The molecule has 0 aromatic carbocycles. The number of nitrogens with one attached hydrogen (secondary N) is 3. The Balaban J connectivity index is 1.83. The molecular weight excluding hydrogens is 354 g/mol. The summed E-state index contributed by atoms with van der Waals surface area (Å²) < 4.78 is 6.20. The van der Waals surface area contributed by atoms with E-state index < -0.39 is 5.92 Å². The van der Waals surface area contributed by atoms with Gasteiger partial charge in [-0.25, -0.2) is 5.43 Å². The Hall–Kier alpha value is -2.13. The minimum atomic E-state index is -0.465. The van der Waals surface area contributed by atoms with Crippen molar-refractivity contribution in [3.63, 3.8) is 0 Å². The van der Waals surface area contributed by atoms with Crippen LogP contribution in [-0.2, 0) is 11.2 Å². The molecule has 0 aliphatic carbocycles. The van der Waals surface area contributed by atoms with Crippen LogP contribution in [0, 0.1) is 5.92 Å². The molecule has 0 saturated carbocycles. The van der Waals surface area contributed by atoms with E-state index >= 15 is 0 Å². The van der Waals surface area contributed by atoms with E-state index in [1.54, 1.807) is 12.5 Å². The lowest BCUT2D eigenvalue weighted by Crippen LogP contribution is -2.26. The number of aromatic nitrogens is 2. The molecule has 8 nitrogen and oxygen atoms in total. The van der Waals surface area contributed by atoms with Gasteiger partial charge in [0.15, 0.2) is 0 Å². The van der Waals surface area contributed by atoms with E-state index in [-0.39, 0.29) is 12.5 Å². The second-order valence-electron chi connectivity index (χ2n) is 4.77. The summed E-state index contributed by atoms with van der Waals surface area (Å²) in [5.74, 6) is 0.0319. The smallest absolute Gasteiger partial charge is 0.249 e. The highest BCUT2D eigenvalue weighted by Gasteiger charge is 2.34. The van der Waals surface area contributed by atoms with Crippen LogP contribution in [0.3, 0.4) is 0 Å². The standard InChI is InChI=1S/C13H14BrN5O3/c14-7-3-8(22-6-7)4-9-11(18-19-13(9)21)12-10(5-16-17-12)15-1-2-20/h3,5-6,9,15,20H,1-2,4H2,(H,16,17)(H,19,21). The zero-order valence-corrected chi connectivity index (χ0v) is 13.1. The van der Waals surface area contributed by atoms with E-state index in [4.69, 9.17) is 9.52 Å². The Kier molecular flexibility index (Phi) is 4.25. The molecule has 1 unspecified atom stereocenters. The largest absolute Gasteiger partial charge is 0.468 e. The highest BCUT2D eigenvalue weighted by atomic mass is 79.9. The van der Waals surface area contributed by atoms with Crippen LogP contribution < -0.4 is 10.7 Å². The predicted molar refractivity (Wildman–Crippen MR) is 82.4 cm³/mol. The second kappa shape index (κ2) is 6.32. The maximum atomic E-state index is 12.0. The van der Waals surface area contributed by atoms with Gasteiger partial charge in [-0.1, -0.05) is 0 Å². The molecule has 22 heavy (non-hydrogen) atoms. The third kappa shape index (κ3) is 2.90. The molecule has 0 saturated heterocycles. The average molecular weight is 368 g/mol. The maximum absolute atomic E-state index is 12.0. The van der Waals surface area contributed by atoms with Gasteiger partial charge in [-0.05, 0) is 22.0 Å². The summed E-state index contributed by atoms with van der Waals surface area (Å²) in [6, 6.07) is 1.82. The van der Waals surface area contributed by atoms with Crippen LogP contribution in [-0.4, -0.2) is 40.1 Å². The number of hydrogen-bond acceptors (Lipinski definition) is 6. The molecule has 2 aromatic heterocycles. The second-order valence-corrected chi connectivity index (χ2v) is 5.69. The molecule has 9 heteroatoms. The van der Waals surface area contributed by atoms with Crippen molar-refractivity contribution in [3.05, 3.63) is 34.5 Å². The van der Waals surface area contributed by atoms with Crippen LogP contribution in [0.1, 0.15) is 11.5 Å². The first-order valence-corrected chi connectivity index (χ1v) is 7.47. The summed E-state index contributed by atoms with van der Waals surface area (Å²) in [6.45, 7) is 0.384. The van der Waals surface area contributed by atoms with Gasteiger partial charge in [0.2, 0.25) is 5.91 Å². The Morgan fingerprint density at radius 2 is 2.36 bits per heavy atom. The van der Waals surface area contributed by atoms with Crippen LogP contribution >= 0.6 is 15.9 Å². The molecule has 0 radical (unpaired) electrons. The molecule has 116 valence electrons. The zero-order chi connectivity index (χ0) is 15.5. The molecular formula is C13H14BrN5O3. The lowest BCUT2D eigenvalue weighted by Gasteiger charge is -2.10. The molecule has 2 aromatic rings. The van der Waals surface area contributed by atoms with Gasteiger partial charge >= 0.3 is 0 Å². The van der Waals surface area contributed by atoms with Crippen LogP contribution in [0.15, 0.2) is 32.5 Å². The summed E-state index contributed by atoms with van der Waals surface area (Å²) in [7, 11) is 0. The summed E-state index contributed by atoms with van der Waals surface area (Å²) in [4.78, 5) is 12.0. The Bertz CT molecular complexity index is 708.